The number of hydrogen-bond acceptors (Lipinski definition) is 7. The van der Waals surface area contributed by atoms with Crippen LogP contribution in [0.2, 0.25) is 0 Å². The lowest BCUT2D eigenvalue weighted by Crippen LogP contribution is -2.43. The van der Waals surface area contributed by atoms with Gasteiger partial charge in [0.05, 0.1) is 19.1 Å². The molecular weight excluding hydrogens is 468 g/mol. The molecule has 8 nitrogen and oxygen atoms in total. The van der Waals surface area contributed by atoms with E-state index in [0.717, 1.165) is 23.1 Å². The number of nitrogens with two attached hydrogens (primary N) is 1. The van der Waals surface area contributed by atoms with Gasteiger partial charge < -0.3 is 31.3 Å². The van der Waals surface area contributed by atoms with Crippen molar-refractivity contribution in [2.45, 2.75) is 51.7 Å². The molecule has 0 saturated carbocycles. The molecule has 0 unspecified atom stereocenters. The Morgan fingerprint density at radius 2 is 1.89 bits per heavy atom. The fourth-order valence-corrected chi connectivity index (χ4v) is 4.11. The fraction of sp³-hybridized carbons (Fsp3) is 0.379. The summed E-state index contributed by atoms with van der Waals surface area (Å²) in [5, 5.41) is 26.7. The number of carbonyl (C=O) groups excluding carboxylic acids is 1. The highest BCUT2D eigenvalue weighted by atomic mass is 16.5. The van der Waals surface area contributed by atoms with Crippen molar-refractivity contribution in [2.24, 2.45) is 0 Å². The summed E-state index contributed by atoms with van der Waals surface area (Å²) < 4.78 is 5.42. The highest BCUT2D eigenvalue weighted by Crippen LogP contribution is 2.27. The van der Waals surface area contributed by atoms with Gasteiger partial charge >= 0.3 is 0 Å². The Morgan fingerprint density at radius 1 is 1.11 bits per heavy atom. The zero-order chi connectivity index (χ0) is 26.8. The van der Waals surface area contributed by atoms with Crippen molar-refractivity contribution in [3.63, 3.8) is 0 Å². The number of nitrogens with one attached hydrogen (secondary N) is 2. The minimum atomic E-state index is -0.685. The van der Waals surface area contributed by atoms with Gasteiger partial charge in [0.25, 0.3) is 0 Å². The largest absolute Gasteiger partial charge is 0.504 e. The van der Waals surface area contributed by atoms with Crippen LogP contribution in [0.15, 0.2) is 60.8 Å². The number of phenolic OH excluding ortho intramolecular Hbond substituents is 1. The zero-order valence-corrected chi connectivity index (χ0v) is 21.8. The molecule has 198 valence electrons. The van der Waals surface area contributed by atoms with Crippen LogP contribution < -0.4 is 21.1 Å². The second-order valence-corrected chi connectivity index (χ2v) is 9.81. The molecule has 1 aromatic heterocycles. The third kappa shape index (κ3) is 9.08. The van der Waals surface area contributed by atoms with Crippen molar-refractivity contribution in [1.82, 2.24) is 15.6 Å². The molecule has 0 saturated heterocycles. The number of amides is 1. The third-order valence-corrected chi connectivity index (χ3v) is 6.03. The summed E-state index contributed by atoms with van der Waals surface area (Å²) in [6.07, 6.45) is 2.58. The number of aliphatic hydroxyl groups is 1. The first kappa shape index (κ1) is 28.0. The Balaban J connectivity index is 1.47. The van der Waals surface area contributed by atoms with E-state index in [1.807, 2.05) is 31.2 Å². The van der Waals surface area contributed by atoms with Crippen molar-refractivity contribution in [1.29, 1.82) is 0 Å². The van der Waals surface area contributed by atoms with E-state index in [0.29, 0.717) is 49.7 Å². The van der Waals surface area contributed by atoms with Crippen LogP contribution in [-0.2, 0) is 24.1 Å². The van der Waals surface area contributed by atoms with Crippen molar-refractivity contribution in [3.8, 4) is 11.5 Å². The molecule has 0 spiro atoms. The summed E-state index contributed by atoms with van der Waals surface area (Å²) in [7, 11) is 0. The number of β-amino-alcohol motifs (C(OH)–C–C–N with tert-alkyl or cyclic N) is 1. The molecule has 0 aliphatic rings. The van der Waals surface area contributed by atoms with Gasteiger partial charge in [0.1, 0.15) is 5.82 Å². The van der Waals surface area contributed by atoms with Crippen LogP contribution in [0, 0.1) is 0 Å². The summed E-state index contributed by atoms with van der Waals surface area (Å²) in [6, 6.07) is 16.7. The molecular formula is C29H38N4O4. The first-order valence-corrected chi connectivity index (χ1v) is 12.6. The lowest BCUT2D eigenvalue weighted by Gasteiger charge is -2.28. The summed E-state index contributed by atoms with van der Waals surface area (Å²) in [6.45, 7) is 7.39. The second-order valence-electron chi connectivity index (χ2n) is 9.81. The Morgan fingerprint density at radius 3 is 2.62 bits per heavy atom. The number of rotatable bonds is 13. The molecule has 37 heavy (non-hydrogen) atoms. The Labute approximate surface area is 218 Å². The number of hydrogen-bond donors (Lipinski definition) is 5. The molecule has 3 aromatic rings. The van der Waals surface area contributed by atoms with Gasteiger partial charge in [-0.3, -0.25) is 4.79 Å². The normalized spacial score (nSPS) is 12.2. The highest BCUT2D eigenvalue weighted by molar-refractivity contribution is 5.78. The summed E-state index contributed by atoms with van der Waals surface area (Å²) in [5.41, 5.74) is 9.10. The van der Waals surface area contributed by atoms with E-state index in [4.69, 9.17) is 10.5 Å². The molecule has 0 aliphatic carbocycles. The number of aliphatic hydroxyl groups excluding tert-OH is 1. The highest BCUT2D eigenvalue weighted by Gasteiger charge is 2.20. The molecule has 0 radical (unpaired) electrons. The van der Waals surface area contributed by atoms with E-state index in [2.05, 4.69) is 35.5 Å². The average molecular weight is 507 g/mol. The first-order valence-electron chi connectivity index (χ1n) is 12.6. The van der Waals surface area contributed by atoms with Gasteiger partial charge in [-0.2, -0.15) is 0 Å². The third-order valence-electron chi connectivity index (χ3n) is 6.03. The predicted octanol–water partition coefficient (Wildman–Crippen LogP) is 3.31. The van der Waals surface area contributed by atoms with Crippen LogP contribution >= 0.6 is 0 Å². The summed E-state index contributed by atoms with van der Waals surface area (Å²) in [5.74, 6) is 0.949. The predicted molar refractivity (Wildman–Crippen MR) is 146 cm³/mol. The van der Waals surface area contributed by atoms with Gasteiger partial charge in [0, 0.05) is 30.4 Å². The standard InChI is InChI=1S/C29H38N4O4/c1-4-37-26-15-20(8-10-24(26)34)12-13-31-28(36)16-21-6-5-7-22(14-21)17-29(2,3)33-19-25(35)23-9-11-27(30)32-18-23/h5-11,14-15,18,25,33-35H,4,12-13,16-17,19H2,1-3H3,(H2,30,32)(H,31,36)/t25-/m0/s1. The lowest BCUT2D eigenvalue weighted by atomic mass is 9.93. The number of anilines is 1. The number of ether oxygens (including phenoxy) is 1. The molecule has 1 amide bonds. The maximum atomic E-state index is 12.5. The van der Waals surface area contributed by atoms with Crippen LogP contribution in [0.5, 0.6) is 11.5 Å². The number of benzene rings is 2. The van der Waals surface area contributed by atoms with Crippen molar-refractivity contribution in [2.75, 3.05) is 25.4 Å². The summed E-state index contributed by atoms with van der Waals surface area (Å²) in [4.78, 5) is 16.6. The number of nitrogen functional groups attached to an aromatic ring is 1. The van der Waals surface area contributed by atoms with Crippen LogP contribution in [0.4, 0.5) is 5.82 Å². The molecule has 6 N–H and O–H groups in total. The fourth-order valence-electron chi connectivity index (χ4n) is 4.11. The number of phenols is 1. The molecule has 1 heterocycles. The molecule has 3 rings (SSSR count). The van der Waals surface area contributed by atoms with Gasteiger partial charge in [-0.05, 0) is 68.5 Å². The molecule has 2 aromatic carbocycles. The Kier molecular flexibility index (Phi) is 9.88. The van der Waals surface area contributed by atoms with E-state index in [1.165, 1.54) is 0 Å². The van der Waals surface area contributed by atoms with Crippen molar-refractivity contribution >= 4 is 11.7 Å². The van der Waals surface area contributed by atoms with Gasteiger partial charge in [-0.25, -0.2) is 4.98 Å². The second kappa shape index (κ2) is 13.1. The average Bonchev–Trinajstić information content (AvgIpc) is 2.85. The zero-order valence-electron chi connectivity index (χ0n) is 21.8. The maximum Gasteiger partial charge on any atom is 0.224 e. The molecule has 1 atom stereocenters. The molecule has 0 aliphatic heterocycles. The number of aromatic hydroxyl groups is 1. The van der Waals surface area contributed by atoms with E-state index >= 15 is 0 Å². The van der Waals surface area contributed by atoms with E-state index in [9.17, 15) is 15.0 Å². The molecule has 8 heteroatoms. The monoisotopic (exact) mass is 506 g/mol. The molecule has 0 fully saturated rings. The smallest absolute Gasteiger partial charge is 0.224 e. The number of pyridine rings is 1. The van der Waals surface area contributed by atoms with Gasteiger partial charge in [0.15, 0.2) is 11.5 Å². The quantitative estimate of drug-likeness (QED) is 0.240. The number of aromatic nitrogens is 1. The number of nitrogens with zero attached hydrogens (tertiary/aromatic N) is 1. The van der Waals surface area contributed by atoms with Crippen LogP contribution in [0.3, 0.4) is 0 Å². The van der Waals surface area contributed by atoms with Crippen LogP contribution in [-0.4, -0.2) is 46.3 Å². The van der Waals surface area contributed by atoms with Crippen LogP contribution in [0.25, 0.3) is 0 Å². The van der Waals surface area contributed by atoms with Gasteiger partial charge in [-0.1, -0.05) is 36.4 Å². The minimum Gasteiger partial charge on any atom is -0.504 e. The first-order chi connectivity index (χ1) is 17.6. The van der Waals surface area contributed by atoms with E-state index in [1.54, 1.807) is 30.5 Å². The Hall–Kier alpha value is -3.62. The lowest BCUT2D eigenvalue weighted by molar-refractivity contribution is -0.120. The van der Waals surface area contributed by atoms with Gasteiger partial charge in [-0.15, -0.1) is 0 Å². The van der Waals surface area contributed by atoms with Crippen molar-refractivity contribution in [3.05, 3.63) is 83.0 Å². The number of carbonyl (C=O) groups is 1. The minimum absolute atomic E-state index is 0.0430. The van der Waals surface area contributed by atoms with E-state index < -0.39 is 6.10 Å². The SMILES string of the molecule is CCOc1cc(CCNC(=O)Cc2cccc(CC(C)(C)NC[C@H](O)c3ccc(N)nc3)c2)ccc1O. The topological polar surface area (TPSA) is 130 Å². The Bertz CT molecular complexity index is 1160. The van der Waals surface area contributed by atoms with Crippen molar-refractivity contribution < 1.29 is 19.7 Å². The van der Waals surface area contributed by atoms with Crippen LogP contribution in [0.1, 0.15) is 49.1 Å². The molecule has 0 bridgehead atoms. The van der Waals surface area contributed by atoms with Gasteiger partial charge in [0.2, 0.25) is 5.91 Å². The maximum absolute atomic E-state index is 12.5. The van der Waals surface area contributed by atoms with E-state index in [-0.39, 0.29) is 17.2 Å². The summed E-state index contributed by atoms with van der Waals surface area (Å²) >= 11 is 0.